The van der Waals surface area contributed by atoms with E-state index < -0.39 is 5.91 Å². The molecule has 3 aromatic carbocycles. The van der Waals surface area contributed by atoms with E-state index >= 15 is 0 Å². The van der Waals surface area contributed by atoms with Crippen molar-refractivity contribution in [2.24, 2.45) is 0 Å². The Morgan fingerprint density at radius 1 is 1.00 bits per heavy atom. The first kappa shape index (κ1) is 18.3. The summed E-state index contributed by atoms with van der Waals surface area (Å²) in [6, 6.07) is 18.1. The highest BCUT2D eigenvalue weighted by Crippen LogP contribution is 2.31. The zero-order chi connectivity index (χ0) is 19.7. The lowest BCUT2D eigenvalue weighted by molar-refractivity contribution is -0.128. The molecule has 4 nitrogen and oxygen atoms in total. The second kappa shape index (κ2) is 7.52. The molecular weight excluding hydrogens is 368 g/mol. The topological polar surface area (TPSA) is 49.4 Å². The van der Waals surface area contributed by atoms with Crippen LogP contribution in [0.15, 0.2) is 60.2 Å². The molecule has 0 aliphatic carbocycles. The van der Waals surface area contributed by atoms with Crippen LogP contribution in [0, 0.1) is 0 Å². The summed E-state index contributed by atoms with van der Waals surface area (Å²) in [7, 11) is 0. The number of amides is 2. The van der Waals surface area contributed by atoms with Crippen LogP contribution in [0.4, 0.5) is 0 Å². The first-order valence-electron chi connectivity index (χ1n) is 9.39. The molecule has 0 unspecified atom stereocenters. The van der Waals surface area contributed by atoms with Gasteiger partial charge in [0.2, 0.25) is 0 Å². The Bertz CT molecular complexity index is 1100. The number of thiocarbonyl (C=S) groups is 1. The fourth-order valence-electron chi connectivity index (χ4n) is 3.56. The smallest absolute Gasteiger partial charge is 0.265 e. The van der Waals surface area contributed by atoms with E-state index in [1.807, 2.05) is 48.5 Å². The summed E-state index contributed by atoms with van der Waals surface area (Å²) in [4.78, 5) is 27.1. The maximum absolute atomic E-state index is 13.0. The minimum Gasteiger partial charge on any atom is -0.298 e. The molecule has 28 heavy (non-hydrogen) atoms. The number of carbonyl (C=O) groups excluding carboxylic acids is 2. The first-order valence-corrected chi connectivity index (χ1v) is 9.80. The monoisotopic (exact) mass is 388 g/mol. The number of fused-ring (bicyclic) bond motifs is 2. The second-order valence-corrected chi connectivity index (χ2v) is 7.25. The van der Waals surface area contributed by atoms with Gasteiger partial charge in [-0.15, -0.1) is 0 Å². The van der Waals surface area contributed by atoms with Gasteiger partial charge < -0.3 is 0 Å². The molecule has 1 N–H and O–H groups in total. The lowest BCUT2D eigenvalue weighted by atomic mass is 9.94. The molecule has 0 atom stereocenters. The van der Waals surface area contributed by atoms with Crippen molar-refractivity contribution in [3.05, 3.63) is 65.7 Å². The average Bonchev–Trinajstić information content (AvgIpc) is 2.70. The fourth-order valence-corrected chi connectivity index (χ4v) is 3.83. The normalized spacial score (nSPS) is 16.2. The maximum Gasteiger partial charge on any atom is 0.265 e. The summed E-state index contributed by atoms with van der Waals surface area (Å²) < 4.78 is 0. The van der Waals surface area contributed by atoms with Crippen LogP contribution in [0.25, 0.3) is 27.6 Å². The number of rotatable bonds is 4. The molecule has 1 heterocycles. The number of benzene rings is 3. The minimum atomic E-state index is -0.445. The third-order valence-corrected chi connectivity index (χ3v) is 5.35. The summed E-state index contributed by atoms with van der Waals surface area (Å²) in [6.45, 7) is 2.55. The van der Waals surface area contributed by atoms with E-state index in [1.165, 1.54) is 4.90 Å². The van der Waals surface area contributed by atoms with Crippen molar-refractivity contribution in [2.75, 3.05) is 6.54 Å². The zero-order valence-electron chi connectivity index (χ0n) is 15.6. The van der Waals surface area contributed by atoms with Crippen molar-refractivity contribution in [2.45, 2.75) is 19.8 Å². The standard InChI is InChI=1S/C23H20N2O2S/c1-2-3-12-25-22(27)20(21(26)24-23(25)28)14-19-17-10-6-4-8-15(17)13-16-9-5-7-11-18(16)19/h4-11,13-14H,2-3,12H2,1H3,(H,24,26,28)/b20-14-. The van der Waals surface area contributed by atoms with Gasteiger partial charge in [-0.05, 0) is 57.9 Å². The first-order chi connectivity index (χ1) is 13.6. The Labute approximate surface area is 168 Å². The van der Waals surface area contributed by atoms with Crippen LogP contribution in [0.3, 0.4) is 0 Å². The predicted molar refractivity (Wildman–Crippen MR) is 117 cm³/mol. The third kappa shape index (κ3) is 3.18. The Morgan fingerprint density at radius 2 is 1.61 bits per heavy atom. The van der Waals surface area contributed by atoms with E-state index in [9.17, 15) is 9.59 Å². The average molecular weight is 388 g/mol. The van der Waals surface area contributed by atoms with Crippen LogP contribution < -0.4 is 5.32 Å². The molecule has 0 aromatic heterocycles. The highest BCUT2D eigenvalue weighted by atomic mass is 32.1. The van der Waals surface area contributed by atoms with Crippen molar-refractivity contribution in [1.29, 1.82) is 0 Å². The SMILES string of the molecule is CCCCN1C(=O)/C(=C\c2c3ccccc3cc3ccccc23)C(=O)NC1=S. The van der Waals surface area contributed by atoms with Gasteiger partial charge in [0.25, 0.3) is 11.8 Å². The third-order valence-electron chi connectivity index (χ3n) is 5.02. The van der Waals surface area contributed by atoms with Crippen molar-refractivity contribution >= 4 is 56.8 Å². The van der Waals surface area contributed by atoms with Crippen molar-refractivity contribution < 1.29 is 9.59 Å². The Morgan fingerprint density at radius 3 is 2.21 bits per heavy atom. The molecule has 1 fully saturated rings. The van der Waals surface area contributed by atoms with Crippen LogP contribution in [-0.2, 0) is 9.59 Å². The highest BCUT2D eigenvalue weighted by molar-refractivity contribution is 7.80. The molecule has 0 bridgehead atoms. The van der Waals surface area contributed by atoms with Gasteiger partial charge >= 0.3 is 0 Å². The van der Waals surface area contributed by atoms with E-state index in [4.69, 9.17) is 12.2 Å². The van der Waals surface area contributed by atoms with Gasteiger partial charge in [-0.1, -0.05) is 61.9 Å². The van der Waals surface area contributed by atoms with E-state index in [1.54, 1.807) is 6.08 Å². The molecule has 0 saturated carbocycles. The Balaban J connectivity index is 1.91. The summed E-state index contributed by atoms with van der Waals surface area (Å²) in [5, 5.41) is 6.98. The van der Waals surface area contributed by atoms with E-state index in [0.717, 1.165) is 39.9 Å². The van der Waals surface area contributed by atoms with E-state index in [0.29, 0.717) is 6.54 Å². The van der Waals surface area contributed by atoms with Gasteiger partial charge in [-0.3, -0.25) is 19.8 Å². The molecular formula is C23H20N2O2S. The quantitative estimate of drug-likeness (QED) is 0.312. The number of hydrogen-bond acceptors (Lipinski definition) is 3. The van der Waals surface area contributed by atoms with Crippen LogP contribution in [0.1, 0.15) is 25.3 Å². The molecule has 2 amide bonds. The Hall–Kier alpha value is -3.05. The lowest BCUT2D eigenvalue weighted by Gasteiger charge is -2.29. The molecule has 0 spiro atoms. The zero-order valence-corrected chi connectivity index (χ0v) is 16.4. The number of carbonyl (C=O) groups is 2. The molecule has 5 heteroatoms. The molecule has 4 rings (SSSR count). The molecule has 1 saturated heterocycles. The van der Waals surface area contributed by atoms with Crippen molar-refractivity contribution in [1.82, 2.24) is 10.2 Å². The lowest BCUT2D eigenvalue weighted by Crippen LogP contribution is -2.54. The molecule has 1 aliphatic heterocycles. The van der Waals surface area contributed by atoms with Gasteiger partial charge in [-0.25, -0.2) is 0 Å². The molecule has 3 aromatic rings. The van der Waals surface area contributed by atoms with Gasteiger partial charge in [0, 0.05) is 6.54 Å². The molecule has 1 aliphatic rings. The molecule has 0 radical (unpaired) electrons. The van der Waals surface area contributed by atoms with Crippen LogP contribution in [0.5, 0.6) is 0 Å². The summed E-state index contributed by atoms with van der Waals surface area (Å²) in [6.07, 6.45) is 3.47. The summed E-state index contributed by atoms with van der Waals surface area (Å²) in [5.41, 5.74) is 0.988. The van der Waals surface area contributed by atoms with Crippen LogP contribution >= 0.6 is 12.2 Å². The maximum atomic E-state index is 13.0. The number of unbranched alkanes of at least 4 members (excludes halogenated alkanes) is 1. The van der Waals surface area contributed by atoms with E-state index in [2.05, 4.69) is 18.3 Å². The number of nitrogens with one attached hydrogen (secondary N) is 1. The fraction of sp³-hybridized carbons (Fsp3) is 0.174. The summed E-state index contributed by atoms with van der Waals surface area (Å²) >= 11 is 5.21. The van der Waals surface area contributed by atoms with Crippen molar-refractivity contribution in [3.8, 4) is 0 Å². The van der Waals surface area contributed by atoms with Gasteiger partial charge in [-0.2, -0.15) is 0 Å². The highest BCUT2D eigenvalue weighted by Gasteiger charge is 2.33. The van der Waals surface area contributed by atoms with Gasteiger partial charge in [0.1, 0.15) is 5.57 Å². The second-order valence-electron chi connectivity index (χ2n) is 6.86. The number of hydrogen-bond donors (Lipinski definition) is 1. The van der Waals surface area contributed by atoms with Crippen LogP contribution in [-0.4, -0.2) is 28.4 Å². The predicted octanol–water partition coefficient (Wildman–Crippen LogP) is 4.42. The van der Waals surface area contributed by atoms with Crippen molar-refractivity contribution in [3.63, 3.8) is 0 Å². The van der Waals surface area contributed by atoms with Gasteiger partial charge in [0.05, 0.1) is 0 Å². The Kier molecular flexibility index (Phi) is 4.92. The number of nitrogens with zero attached hydrogens (tertiary/aromatic N) is 1. The minimum absolute atomic E-state index is 0.117. The summed E-state index contributed by atoms with van der Waals surface area (Å²) in [5.74, 6) is -0.779. The molecule has 140 valence electrons. The van der Waals surface area contributed by atoms with Crippen LogP contribution in [0.2, 0.25) is 0 Å². The largest absolute Gasteiger partial charge is 0.298 e. The van der Waals surface area contributed by atoms with Gasteiger partial charge in [0.15, 0.2) is 5.11 Å². The van der Waals surface area contributed by atoms with E-state index in [-0.39, 0.29) is 16.6 Å².